The highest BCUT2D eigenvalue weighted by molar-refractivity contribution is 5.89. The van der Waals surface area contributed by atoms with Crippen LogP contribution in [0.3, 0.4) is 0 Å². The molecule has 7 nitrogen and oxygen atoms in total. The number of halogens is 2. The Morgan fingerprint density at radius 2 is 2.15 bits per heavy atom. The molecule has 2 aliphatic rings. The Balaban J connectivity index is 1.44. The van der Waals surface area contributed by atoms with Crippen molar-refractivity contribution in [1.82, 2.24) is 14.9 Å². The molecule has 0 spiro atoms. The van der Waals surface area contributed by atoms with Gasteiger partial charge in [-0.25, -0.2) is 13.8 Å². The zero-order valence-corrected chi connectivity index (χ0v) is 13.9. The smallest absolute Gasteiger partial charge is 0.284 e. The van der Waals surface area contributed by atoms with Crippen molar-refractivity contribution in [3.8, 4) is 0 Å². The van der Waals surface area contributed by atoms with Gasteiger partial charge >= 0.3 is 0 Å². The lowest BCUT2D eigenvalue weighted by Gasteiger charge is -2.38. The molecular formula is C17H19F2N5O2. The summed E-state index contributed by atoms with van der Waals surface area (Å²) in [6.45, 7) is 1.48. The predicted molar refractivity (Wildman–Crippen MR) is 87.8 cm³/mol. The Kier molecular flexibility index (Phi) is 4.22. The van der Waals surface area contributed by atoms with Crippen LogP contribution in [-0.2, 0) is 17.8 Å². The molecule has 2 aromatic rings. The second-order valence-corrected chi connectivity index (χ2v) is 6.75. The first-order valence-electron chi connectivity index (χ1n) is 8.36. The van der Waals surface area contributed by atoms with E-state index in [0.717, 1.165) is 29.6 Å². The number of fused-ring (bicyclic) bond motifs is 1. The Labute approximate surface area is 148 Å². The van der Waals surface area contributed by atoms with Crippen LogP contribution in [0.25, 0.3) is 0 Å². The van der Waals surface area contributed by atoms with E-state index in [1.165, 1.54) is 0 Å². The van der Waals surface area contributed by atoms with E-state index in [1.807, 2.05) is 0 Å². The van der Waals surface area contributed by atoms with E-state index in [1.54, 1.807) is 0 Å². The molecule has 0 aliphatic carbocycles. The number of nitrogens with one attached hydrogen (secondary N) is 1. The third kappa shape index (κ3) is 2.98. The van der Waals surface area contributed by atoms with Gasteiger partial charge in [-0.15, -0.1) is 0 Å². The van der Waals surface area contributed by atoms with Crippen molar-refractivity contribution >= 4 is 5.91 Å². The van der Waals surface area contributed by atoms with Crippen LogP contribution < -0.4 is 11.5 Å². The topological polar surface area (TPSA) is 110 Å². The number of amides is 1. The van der Waals surface area contributed by atoms with Crippen LogP contribution in [0, 0.1) is 11.6 Å². The van der Waals surface area contributed by atoms with Crippen molar-refractivity contribution in [2.75, 3.05) is 6.61 Å². The molecule has 1 fully saturated rings. The number of carbonyl (C=O) groups is 1. The monoisotopic (exact) mass is 363 g/mol. The van der Waals surface area contributed by atoms with E-state index >= 15 is 0 Å². The number of nitrogens with two attached hydrogens (primary N) is 2. The summed E-state index contributed by atoms with van der Waals surface area (Å²) < 4.78 is 33.2. The molecule has 3 atom stereocenters. The van der Waals surface area contributed by atoms with Crippen molar-refractivity contribution < 1.29 is 18.3 Å². The maximum Gasteiger partial charge on any atom is 0.284 e. The molecule has 2 aliphatic heterocycles. The van der Waals surface area contributed by atoms with Crippen LogP contribution in [0.2, 0.25) is 0 Å². The number of H-pyrrole nitrogens is 1. The number of rotatable bonds is 3. The zero-order valence-electron chi connectivity index (χ0n) is 13.9. The van der Waals surface area contributed by atoms with Gasteiger partial charge in [-0.2, -0.15) is 0 Å². The number of benzene rings is 1. The third-order valence-electron chi connectivity index (χ3n) is 4.99. The number of aromatic amines is 1. The average molecular weight is 363 g/mol. The number of primary amides is 1. The summed E-state index contributed by atoms with van der Waals surface area (Å²) in [7, 11) is 0. The molecule has 0 saturated carbocycles. The van der Waals surface area contributed by atoms with Crippen molar-refractivity contribution in [2.45, 2.75) is 37.7 Å². The number of imidazole rings is 1. The highest BCUT2D eigenvalue weighted by atomic mass is 19.1. The summed E-state index contributed by atoms with van der Waals surface area (Å²) in [5.74, 6) is -1.47. The van der Waals surface area contributed by atoms with E-state index in [2.05, 4.69) is 14.9 Å². The fourth-order valence-electron chi connectivity index (χ4n) is 3.68. The lowest BCUT2D eigenvalue weighted by atomic mass is 9.93. The highest BCUT2D eigenvalue weighted by Gasteiger charge is 2.37. The SMILES string of the molecule is NC(=O)c1nc2c([nH]1)CN(C1CO[C@H](c3cc(F)ccc3F)[C@@H](N)C1)C2. The van der Waals surface area contributed by atoms with Crippen molar-refractivity contribution in [3.05, 3.63) is 52.6 Å². The molecule has 0 radical (unpaired) electrons. The summed E-state index contributed by atoms with van der Waals surface area (Å²) in [5.41, 5.74) is 13.2. The largest absolute Gasteiger partial charge is 0.370 e. The summed E-state index contributed by atoms with van der Waals surface area (Å²) >= 11 is 0. The fourth-order valence-corrected chi connectivity index (χ4v) is 3.68. The number of hydrogen-bond acceptors (Lipinski definition) is 5. The lowest BCUT2D eigenvalue weighted by molar-refractivity contribution is -0.0534. The van der Waals surface area contributed by atoms with Gasteiger partial charge in [-0.05, 0) is 24.6 Å². The minimum absolute atomic E-state index is 0.0255. The molecule has 4 rings (SSSR count). The Morgan fingerprint density at radius 1 is 1.35 bits per heavy atom. The first-order valence-corrected chi connectivity index (χ1v) is 8.36. The van der Waals surface area contributed by atoms with Crippen LogP contribution in [0.15, 0.2) is 18.2 Å². The molecule has 0 bridgehead atoms. The molecular weight excluding hydrogens is 344 g/mol. The van der Waals surface area contributed by atoms with Gasteiger partial charge < -0.3 is 21.2 Å². The minimum atomic E-state index is -0.679. The molecule has 5 N–H and O–H groups in total. The normalized spacial score (nSPS) is 26.0. The van der Waals surface area contributed by atoms with Crippen LogP contribution in [0.1, 0.15) is 40.1 Å². The maximum absolute atomic E-state index is 14.0. The van der Waals surface area contributed by atoms with Gasteiger partial charge in [-0.3, -0.25) is 9.69 Å². The summed E-state index contributed by atoms with van der Waals surface area (Å²) in [6.07, 6.45) is -0.102. The quantitative estimate of drug-likeness (QED) is 0.752. The Morgan fingerprint density at radius 3 is 2.85 bits per heavy atom. The maximum atomic E-state index is 14.0. The molecule has 138 valence electrons. The van der Waals surface area contributed by atoms with Crippen molar-refractivity contribution in [1.29, 1.82) is 0 Å². The molecule has 9 heteroatoms. The van der Waals surface area contributed by atoms with E-state index in [-0.39, 0.29) is 17.4 Å². The van der Waals surface area contributed by atoms with Crippen LogP contribution in [0.5, 0.6) is 0 Å². The lowest BCUT2D eigenvalue weighted by Crippen LogP contribution is -2.47. The first kappa shape index (κ1) is 17.1. The van der Waals surface area contributed by atoms with E-state index < -0.39 is 29.7 Å². The highest BCUT2D eigenvalue weighted by Crippen LogP contribution is 2.33. The van der Waals surface area contributed by atoms with Gasteiger partial charge in [0.2, 0.25) is 0 Å². The second-order valence-electron chi connectivity index (χ2n) is 6.75. The molecule has 26 heavy (non-hydrogen) atoms. The fraction of sp³-hybridized carbons (Fsp3) is 0.412. The summed E-state index contributed by atoms with van der Waals surface area (Å²) in [4.78, 5) is 20.4. The molecule has 1 saturated heterocycles. The molecule has 3 heterocycles. The number of carbonyl (C=O) groups excluding carboxylic acids is 1. The van der Waals surface area contributed by atoms with Gasteiger partial charge in [-0.1, -0.05) is 0 Å². The van der Waals surface area contributed by atoms with E-state index in [0.29, 0.717) is 26.1 Å². The molecule has 1 aromatic carbocycles. The number of ether oxygens (including phenoxy) is 1. The van der Waals surface area contributed by atoms with Gasteiger partial charge in [0, 0.05) is 30.7 Å². The van der Waals surface area contributed by atoms with Gasteiger partial charge in [0.05, 0.1) is 18.0 Å². The van der Waals surface area contributed by atoms with Crippen LogP contribution in [-0.4, -0.2) is 39.5 Å². The van der Waals surface area contributed by atoms with E-state index in [9.17, 15) is 13.6 Å². The minimum Gasteiger partial charge on any atom is -0.370 e. The van der Waals surface area contributed by atoms with Crippen LogP contribution >= 0.6 is 0 Å². The van der Waals surface area contributed by atoms with Crippen molar-refractivity contribution in [3.63, 3.8) is 0 Å². The molecule has 1 amide bonds. The summed E-state index contributed by atoms with van der Waals surface area (Å²) in [6, 6.07) is 2.86. The Hall–Kier alpha value is -2.36. The number of hydrogen-bond donors (Lipinski definition) is 3. The first-order chi connectivity index (χ1) is 12.4. The van der Waals surface area contributed by atoms with Crippen molar-refractivity contribution in [2.24, 2.45) is 11.5 Å². The Bertz CT molecular complexity index is 832. The zero-order chi connectivity index (χ0) is 18.4. The van der Waals surface area contributed by atoms with E-state index in [4.69, 9.17) is 16.2 Å². The third-order valence-corrected chi connectivity index (χ3v) is 4.99. The second kappa shape index (κ2) is 6.42. The number of nitrogens with zero attached hydrogens (tertiary/aromatic N) is 2. The molecule has 1 aromatic heterocycles. The van der Waals surface area contributed by atoms with Gasteiger partial charge in [0.25, 0.3) is 5.91 Å². The van der Waals surface area contributed by atoms with Gasteiger partial charge in [0.15, 0.2) is 5.82 Å². The molecule has 1 unspecified atom stereocenters. The summed E-state index contributed by atoms with van der Waals surface area (Å²) in [5, 5.41) is 0. The van der Waals surface area contributed by atoms with Crippen LogP contribution in [0.4, 0.5) is 8.78 Å². The standard InChI is InChI=1S/C17H19F2N5O2/c18-8-1-2-11(19)10(3-8)15-12(20)4-9(7-26-15)24-5-13-14(6-24)23-17(22-13)16(21)25/h1-3,9,12,15H,4-7,20H2,(H2,21,25)(H,22,23)/t9?,12-,15+/m0/s1. The van der Waals surface area contributed by atoms with Gasteiger partial charge in [0.1, 0.15) is 17.7 Å². The average Bonchev–Trinajstić information content (AvgIpc) is 3.16. The number of aromatic nitrogens is 2. The predicted octanol–water partition coefficient (Wildman–Crippen LogP) is 0.960.